The minimum atomic E-state index is -0.370. The van der Waals surface area contributed by atoms with Gasteiger partial charge < -0.3 is 4.74 Å². The average Bonchev–Trinajstić information content (AvgIpc) is 3.25. The summed E-state index contributed by atoms with van der Waals surface area (Å²) in [6.45, 7) is 1.03. The van der Waals surface area contributed by atoms with E-state index >= 15 is 0 Å². The van der Waals surface area contributed by atoms with Gasteiger partial charge in [-0.3, -0.25) is 4.79 Å². The molecule has 1 heterocycles. The first-order valence-electron chi connectivity index (χ1n) is 10.5. The van der Waals surface area contributed by atoms with Crippen molar-refractivity contribution in [2.24, 2.45) is 0 Å². The number of nitrogens with zero attached hydrogens (tertiary/aromatic N) is 2. The third kappa shape index (κ3) is 6.54. The van der Waals surface area contributed by atoms with Crippen LogP contribution in [-0.2, 0) is 24.4 Å². The van der Waals surface area contributed by atoms with E-state index < -0.39 is 0 Å². The zero-order valence-electron chi connectivity index (χ0n) is 18.0. The Bertz CT molecular complexity index is 1280. The van der Waals surface area contributed by atoms with Gasteiger partial charge in [0.25, 0.3) is 0 Å². The van der Waals surface area contributed by atoms with Crippen LogP contribution >= 0.6 is 39.1 Å². The third-order valence-corrected chi connectivity index (χ3v) is 6.38. The van der Waals surface area contributed by atoms with Crippen LogP contribution in [0.4, 0.5) is 4.39 Å². The number of hydrogen-bond acceptors (Lipinski definition) is 2. The van der Waals surface area contributed by atoms with Gasteiger partial charge in [-0.15, -0.1) is 0 Å². The maximum absolute atomic E-state index is 13.1. The van der Waals surface area contributed by atoms with Gasteiger partial charge in [-0.1, -0.05) is 57.3 Å². The number of carbonyl (C=O) groups excluding carboxylic acids is 1. The summed E-state index contributed by atoms with van der Waals surface area (Å²) < 4.78 is 24.1. The second kappa shape index (κ2) is 11.3. The molecule has 0 radical (unpaired) electrons. The van der Waals surface area contributed by atoms with Gasteiger partial charge in [-0.2, -0.15) is 0 Å². The quantitative estimate of drug-likeness (QED) is 0.166. The highest BCUT2D eigenvalue weighted by Gasteiger charge is 2.21. The van der Waals surface area contributed by atoms with Crippen molar-refractivity contribution >= 4 is 44.9 Å². The maximum atomic E-state index is 13.1. The molecule has 0 spiro atoms. The van der Waals surface area contributed by atoms with Gasteiger partial charge in [0, 0.05) is 25.6 Å². The molecule has 1 aromatic heterocycles. The number of imidazole rings is 1. The molecule has 4 nitrogen and oxygen atoms in total. The van der Waals surface area contributed by atoms with E-state index in [4.69, 9.17) is 27.9 Å². The van der Waals surface area contributed by atoms with Crippen molar-refractivity contribution in [3.05, 3.63) is 122 Å². The molecule has 0 aliphatic heterocycles. The van der Waals surface area contributed by atoms with Gasteiger partial charge in [0.05, 0.1) is 6.61 Å². The Morgan fingerprint density at radius 3 is 2.50 bits per heavy atom. The van der Waals surface area contributed by atoms with Crippen molar-refractivity contribution in [3.63, 3.8) is 0 Å². The van der Waals surface area contributed by atoms with Crippen LogP contribution in [0.1, 0.15) is 27.6 Å². The smallest absolute Gasteiger partial charge is 0.244 e. The van der Waals surface area contributed by atoms with Crippen LogP contribution in [-0.4, -0.2) is 10.4 Å². The molecule has 1 unspecified atom stereocenters. The van der Waals surface area contributed by atoms with Crippen molar-refractivity contribution in [1.82, 2.24) is 4.57 Å². The first-order valence-corrected chi connectivity index (χ1v) is 12.1. The highest BCUT2D eigenvalue weighted by atomic mass is 79.9. The lowest BCUT2D eigenvalue weighted by Crippen LogP contribution is -2.36. The van der Waals surface area contributed by atoms with E-state index in [1.807, 2.05) is 53.6 Å². The molecule has 4 aromatic rings. The van der Waals surface area contributed by atoms with Gasteiger partial charge in [0.2, 0.25) is 12.1 Å². The van der Waals surface area contributed by atoms with Crippen LogP contribution in [0, 0.1) is 5.82 Å². The summed E-state index contributed by atoms with van der Waals surface area (Å²) in [6, 6.07) is 18.8. The number of benzene rings is 3. The van der Waals surface area contributed by atoms with Gasteiger partial charge in [-0.05, 0) is 54.1 Å². The minimum absolute atomic E-state index is 0.105. The fourth-order valence-corrected chi connectivity index (χ4v) is 4.30. The summed E-state index contributed by atoms with van der Waals surface area (Å²) >= 11 is 16.0. The lowest BCUT2D eigenvalue weighted by Gasteiger charge is -2.18. The van der Waals surface area contributed by atoms with Crippen LogP contribution in [0.5, 0.6) is 0 Å². The second-order valence-corrected chi connectivity index (χ2v) is 9.56. The molecular weight excluding hydrogens is 542 g/mol. The summed E-state index contributed by atoms with van der Waals surface area (Å²) in [5.41, 5.74) is 2.32. The number of ether oxygens (including phenoxy) is 1. The van der Waals surface area contributed by atoms with Gasteiger partial charge in [-0.25, -0.2) is 13.5 Å². The Kier molecular flexibility index (Phi) is 8.16. The van der Waals surface area contributed by atoms with E-state index in [2.05, 4.69) is 15.9 Å². The molecule has 4 rings (SSSR count). The predicted octanol–water partition coefficient (Wildman–Crippen LogP) is 6.83. The Labute approximate surface area is 215 Å². The van der Waals surface area contributed by atoms with Crippen molar-refractivity contribution in [3.8, 4) is 0 Å². The predicted molar refractivity (Wildman–Crippen MR) is 133 cm³/mol. The molecule has 174 valence electrons. The van der Waals surface area contributed by atoms with Gasteiger partial charge in [0.15, 0.2) is 6.54 Å². The van der Waals surface area contributed by atoms with E-state index in [-0.39, 0.29) is 24.2 Å². The normalized spacial score (nSPS) is 12.0. The summed E-state index contributed by atoms with van der Waals surface area (Å²) in [6.07, 6.45) is 5.18. The van der Waals surface area contributed by atoms with E-state index in [1.165, 1.54) is 24.3 Å². The van der Waals surface area contributed by atoms with Crippen molar-refractivity contribution in [2.45, 2.75) is 25.8 Å². The molecule has 0 fully saturated rings. The Morgan fingerprint density at radius 2 is 1.79 bits per heavy atom. The van der Waals surface area contributed by atoms with Crippen LogP contribution in [0.2, 0.25) is 10.0 Å². The zero-order chi connectivity index (χ0) is 24.1. The number of halogens is 4. The second-order valence-electron chi connectivity index (χ2n) is 7.80. The molecule has 0 saturated heterocycles. The van der Waals surface area contributed by atoms with Crippen LogP contribution in [0.25, 0.3) is 0 Å². The minimum Gasteiger partial charge on any atom is -0.365 e. The van der Waals surface area contributed by atoms with Crippen LogP contribution < -0.4 is 4.57 Å². The largest absolute Gasteiger partial charge is 0.365 e. The van der Waals surface area contributed by atoms with E-state index in [1.54, 1.807) is 16.7 Å². The molecular formula is C26H21BrCl2FN2O2+. The number of carbonyl (C=O) groups is 1. The summed E-state index contributed by atoms with van der Waals surface area (Å²) in [5, 5.41) is 1.08. The van der Waals surface area contributed by atoms with E-state index in [0.29, 0.717) is 28.8 Å². The highest BCUT2D eigenvalue weighted by molar-refractivity contribution is 9.10. The molecule has 34 heavy (non-hydrogen) atoms. The average molecular weight is 563 g/mol. The fourth-order valence-electron chi connectivity index (χ4n) is 3.51. The number of Topliss-reactive ketones (excluding diaryl/α,β-unsaturated/α-hetero) is 1. The highest BCUT2D eigenvalue weighted by Crippen LogP contribution is 2.30. The van der Waals surface area contributed by atoms with Crippen molar-refractivity contribution < 1.29 is 18.5 Å². The SMILES string of the molecule is O=C(C[n+]1ccn(CC(OCc2ccc(Br)cc2)c2ccc(Cl)cc2Cl)c1)c1ccc(F)cc1. The Morgan fingerprint density at radius 1 is 1.06 bits per heavy atom. The summed E-state index contributed by atoms with van der Waals surface area (Å²) in [5.74, 6) is -0.475. The van der Waals surface area contributed by atoms with Gasteiger partial charge in [0.1, 0.15) is 30.9 Å². The molecule has 0 amide bonds. The Hall–Kier alpha value is -2.51. The lowest BCUT2D eigenvalue weighted by atomic mass is 10.1. The molecule has 3 aromatic carbocycles. The number of ketones is 1. The van der Waals surface area contributed by atoms with E-state index in [9.17, 15) is 9.18 Å². The van der Waals surface area contributed by atoms with Gasteiger partial charge >= 0.3 is 0 Å². The monoisotopic (exact) mass is 561 g/mol. The fraction of sp³-hybridized carbons (Fsp3) is 0.154. The summed E-state index contributed by atoms with van der Waals surface area (Å²) in [7, 11) is 0. The van der Waals surface area contributed by atoms with Crippen LogP contribution in [0.15, 0.2) is 89.9 Å². The van der Waals surface area contributed by atoms with Crippen molar-refractivity contribution in [1.29, 1.82) is 0 Å². The third-order valence-electron chi connectivity index (χ3n) is 5.29. The first kappa shape index (κ1) is 24.6. The standard InChI is InChI=1S/C26H21BrCl2FN2O2/c27-20-5-1-18(2-6-20)16-34-26(23-10-7-21(28)13-24(23)29)15-32-12-11-31(17-32)14-25(33)19-3-8-22(30)9-4-19/h1-13,17,26H,14-16H2/q+1. The molecule has 0 N–H and O–H groups in total. The number of hydrogen-bond donors (Lipinski definition) is 0. The maximum Gasteiger partial charge on any atom is 0.244 e. The first-order chi connectivity index (χ1) is 16.4. The lowest BCUT2D eigenvalue weighted by molar-refractivity contribution is -0.682. The zero-order valence-corrected chi connectivity index (χ0v) is 21.1. The number of rotatable bonds is 9. The van der Waals surface area contributed by atoms with Crippen LogP contribution in [0.3, 0.4) is 0 Å². The molecule has 0 saturated carbocycles. The molecule has 8 heteroatoms. The van der Waals surface area contributed by atoms with E-state index in [0.717, 1.165) is 15.6 Å². The Balaban J connectivity index is 1.49. The topological polar surface area (TPSA) is 35.1 Å². The molecule has 1 atom stereocenters. The van der Waals surface area contributed by atoms with Crippen molar-refractivity contribution in [2.75, 3.05) is 0 Å². The summed E-state index contributed by atoms with van der Waals surface area (Å²) in [4.78, 5) is 12.5. The molecule has 0 aliphatic rings. The molecule has 0 aliphatic carbocycles. The molecule has 0 bridgehead atoms. The number of aromatic nitrogens is 2.